The predicted octanol–water partition coefficient (Wildman–Crippen LogP) is 2.59. The lowest BCUT2D eigenvalue weighted by Crippen LogP contribution is -2.35. The highest BCUT2D eigenvalue weighted by Crippen LogP contribution is 2.15. The van der Waals surface area contributed by atoms with E-state index in [0.29, 0.717) is 0 Å². The highest BCUT2D eigenvalue weighted by Gasteiger charge is 2.19. The van der Waals surface area contributed by atoms with Crippen LogP contribution in [0.15, 0.2) is 29.2 Å². The first-order valence-corrected chi connectivity index (χ1v) is 8.99. The number of aryl methyl sites for hydroxylation is 1. The van der Waals surface area contributed by atoms with Crippen LogP contribution in [0.5, 0.6) is 0 Å². The second-order valence-corrected chi connectivity index (χ2v) is 7.80. The molecule has 0 aliphatic rings. The van der Waals surface area contributed by atoms with Crippen LogP contribution in [-0.2, 0) is 23.8 Å². The standard InChI is InChI=1S/C16H25NO6S/c1-12-6-8-14(9-7-12)24(19,20)23-13(2)21-11-10-17-15(18)22-16(3,4)5/h6-9,13H,10-11H2,1-5H3,(H,17,18). The quantitative estimate of drug-likeness (QED) is 0.457. The van der Waals surface area contributed by atoms with Crippen LogP contribution in [-0.4, -0.2) is 39.6 Å². The van der Waals surface area contributed by atoms with Gasteiger partial charge >= 0.3 is 6.09 Å². The van der Waals surface area contributed by atoms with Crippen molar-refractivity contribution in [2.75, 3.05) is 13.2 Å². The van der Waals surface area contributed by atoms with E-state index in [1.807, 2.05) is 6.92 Å². The molecule has 0 bridgehead atoms. The van der Waals surface area contributed by atoms with Crippen LogP contribution in [0.2, 0.25) is 0 Å². The molecule has 0 saturated carbocycles. The van der Waals surface area contributed by atoms with Gasteiger partial charge in [-0.1, -0.05) is 17.7 Å². The van der Waals surface area contributed by atoms with E-state index in [9.17, 15) is 13.2 Å². The molecule has 1 aromatic rings. The number of benzene rings is 1. The Hall–Kier alpha value is -1.64. The SMILES string of the molecule is Cc1ccc(S(=O)(=O)OC(C)OCCNC(=O)OC(C)(C)C)cc1. The highest BCUT2D eigenvalue weighted by molar-refractivity contribution is 7.86. The zero-order valence-electron chi connectivity index (χ0n) is 14.7. The van der Waals surface area contributed by atoms with E-state index < -0.39 is 28.1 Å². The molecule has 0 heterocycles. The number of hydrogen-bond acceptors (Lipinski definition) is 6. The van der Waals surface area contributed by atoms with Gasteiger partial charge in [0.1, 0.15) is 5.60 Å². The molecule has 0 spiro atoms. The van der Waals surface area contributed by atoms with E-state index in [0.717, 1.165) is 5.56 Å². The van der Waals surface area contributed by atoms with Crippen LogP contribution in [0.4, 0.5) is 4.79 Å². The Bertz CT molecular complexity index is 634. The van der Waals surface area contributed by atoms with Crippen molar-refractivity contribution in [1.29, 1.82) is 0 Å². The first-order valence-electron chi connectivity index (χ1n) is 7.58. The van der Waals surface area contributed by atoms with Gasteiger partial charge in [-0.2, -0.15) is 8.42 Å². The average Bonchev–Trinajstić information content (AvgIpc) is 2.41. The van der Waals surface area contributed by atoms with Crippen molar-refractivity contribution in [3.63, 3.8) is 0 Å². The normalized spacial score (nSPS) is 13.4. The molecule has 0 aliphatic heterocycles. The molecule has 7 nitrogen and oxygen atoms in total. The van der Waals surface area contributed by atoms with Crippen molar-refractivity contribution in [2.24, 2.45) is 0 Å². The van der Waals surface area contributed by atoms with Gasteiger partial charge in [-0.05, 0) is 46.8 Å². The van der Waals surface area contributed by atoms with E-state index in [4.69, 9.17) is 13.7 Å². The topological polar surface area (TPSA) is 90.9 Å². The fourth-order valence-electron chi connectivity index (χ4n) is 1.66. The maximum atomic E-state index is 12.1. The Morgan fingerprint density at radius 2 is 1.79 bits per heavy atom. The summed E-state index contributed by atoms with van der Waals surface area (Å²) in [5, 5.41) is 2.50. The van der Waals surface area contributed by atoms with E-state index in [1.165, 1.54) is 19.1 Å². The van der Waals surface area contributed by atoms with E-state index >= 15 is 0 Å². The number of rotatable bonds is 7. The van der Waals surface area contributed by atoms with Gasteiger partial charge in [-0.3, -0.25) is 0 Å². The van der Waals surface area contributed by atoms with Gasteiger partial charge in [0.05, 0.1) is 11.5 Å². The monoisotopic (exact) mass is 359 g/mol. The van der Waals surface area contributed by atoms with Gasteiger partial charge in [0, 0.05) is 6.54 Å². The molecule has 1 rings (SSSR count). The summed E-state index contributed by atoms with van der Waals surface area (Å²) in [7, 11) is -3.89. The van der Waals surface area contributed by atoms with E-state index in [1.54, 1.807) is 32.9 Å². The molecule has 24 heavy (non-hydrogen) atoms. The third-order valence-corrected chi connectivity index (χ3v) is 4.07. The second kappa shape index (κ2) is 8.46. The fraction of sp³-hybridized carbons (Fsp3) is 0.562. The van der Waals surface area contributed by atoms with Crippen LogP contribution in [0, 0.1) is 6.92 Å². The lowest BCUT2D eigenvalue weighted by molar-refractivity contribution is -0.0614. The Balaban J connectivity index is 2.37. The van der Waals surface area contributed by atoms with Gasteiger partial charge in [0.15, 0.2) is 6.29 Å². The van der Waals surface area contributed by atoms with Crippen molar-refractivity contribution < 1.29 is 26.9 Å². The highest BCUT2D eigenvalue weighted by atomic mass is 32.2. The number of carbonyl (C=O) groups is 1. The van der Waals surface area contributed by atoms with Crippen LogP contribution in [0.25, 0.3) is 0 Å². The summed E-state index contributed by atoms with van der Waals surface area (Å²) in [4.78, 5) is 11.5. The van der Waals surface area contributed by atoms with Crippen molar-refractivity contribution >= 4 is 16.2 Å². The Kier molecular flexibility index (Phi) is 7.19. The fourth-order valence-corrected chi connectivity index (χ4v) is 2.65. The Morgan fingerprint density at radius 1 is 1.21 bits per heavy atom. The summed E-state index contributed by atoms with van der Waals surface area (Å²) in [6, 6.07) is 6.32. The van der Waals surface area contributed by atoms with Crippen molar-refractivity contribution in [3.05, 3.63) is 29.8 Å². The van der Waals surface area contributed by atoms with Gasteiger partial charge in [-0.15, -0.1) is 0 Å². The van der Waals surface area contributed by atoms with Crippen LogP contribution < -0.4 is 5.32 Å². The zero-order chi connectivity index (χ0) is 18.4. The molecule has 1 unspecified atom stereocenters. The molecule has 0 fully saturated rings. The summed E-state index contributed by atoms with van der Waals surface area (Å²) in [6.07, 6.45) is -1.54. The number of nitrogens with one attached hydrogen (secondary N) is 1. The molecule has 0 radical (unpaired) electrons. The Morgan fingerprint density at radius 3 is 2.33 bits per heavy atom. The third-order valence-electron chi connectivity index (χ3n) is 2.69. The number of alkyl carbamates (subject to hydrolysis) is 1. The summed E-state index contributed by atoms with van der Waals surface area (Å²) in [5.41, 5.74) is 0.371. The molecule has 1 amide bonds. The zero-order valence-corrected chi connectivity index (χ0v) is 15.5. The maximum absolute atomic E-state index is 12.1. The molecule has 0 aromatic heterocycles. The molecule has 1 aromatic carbocycles. The Labute approximate surface area is 143 Å². The molecule has 0 aliphatic carbocycles. The number of hydrogen-bond donors (Lipinski definition) is 1. The van der Waals surface area contributed by atoms with Gasteiger partial charge in [0.25, 0.3) is 10.1 Å². The molecule has 0 saturated heterocycles. The van der Waals surface area contributed by atoms with Crippen LogP contribution in [0.3, 0.4) is 0 Å². The molecule has 8 heteroatoms. The van der Waals surface area contributed by atoms with E-state index in [2.05, 4.69) is 5.32 Å². The van der Waals surface area contributed by atoms with Gasteiger partial charge < -0.3 is 14.8 Å². The van der Waals surface area contributed by atoms with Crippen molar-refractivity contribution in [1.82, 2.24) is 5.32 Å². The molecule has 1 atom stereocenters. The number of amides is 1. The molecule has 136 valence electrons. The minimum atomic E-state index is -3.89. The molecular formula is C16H25NO6S. The second-order valence-electron chi connectivity index (χ2n) is 6.23. The third kappa shape index (κ3) is 7.76. The van der Waals surface area contributed by atoms with Gasteiger partial charge in [-0.25, -0.2) is 8.98 Å². The first-order chi connectivity index (χ1) is 11.0. The predicted molar refractivity (Wildman–Crippen MR) is 89.1 cm³/mol. The summed E-state index contributed by atoms with van der Waals surface area (Å²) < 4.78 is 39.4. The van der Waals surface area contributed by atoms with Crippen LogP contribution >= 0.6 is 0 Å². The van der Waals surface area contributed by atoms with Crippen molar-refractivity contribution in [3.8, 4) is 0 Å². The van der Waals surface area contributed by atoms with Crippen molar-refractivity contribution in [2.45, 2.75) is 51.4 Å². The average molecular weight is 359 g/mol. The summed E-state index contributed by atoms with van der Waals surface area (Å²) >= 11 is 0. The minimum absolute atomic E-state index is 0.0652. The first kappa shape index (κ1) is 20.4. The summed E-state index contributed by atoms with van der Waals surface area (Å²) in [6.45, 7) is 8.87. The lowest BCUT2D eigenvalue weighted by atomic mass is 10.2. The molecular weight excluding hydrogens is 334 g/mol. The number of carbonyl (C=O) groups excluding carboxylic acids is 1. The number of ether oxygens (including phenoxy) is 2. The van der Waals surface area contributed by atoms with Crippen LogP contribution in [0.1, 0.15) is 33.3 Å². The largest absolute Gasteiger partial charge is 0.444 e. The lowest BCUT2D eigenvalue weighted by Gasteiger charge is -2.20. The summed E-state index contributed by atoms with van der Waals surface area (Å²) in [5.74, 6) is 0. The minimum Gasteiger partial charge on any atom is -0.444 e. The molecule has 1 N–H and O–H groups in total. The maximum Gasteiger partial charge on any atom is 0.407 e. The smallest absolute Gasteiger partial charge is 0.407 e. The van der Waals surface area contributed by atoms with Gasteiger partial charge in [0.2, 0.25) is 0 Å². The van der Waals surface area contributed by atoms with E-state index in [-0.39, 0.29) is 18.0 Å².